The van der Waals surface area contributed by atoms with Gasteiger partial charge in [0.25, 0.3) is 5.91 Å². The molecule has 2 aliphatic heterocycles. The molecule has 0 bridgehead atoms. The van der Waals surface area contributed by atoms with Gasteiger partial charge in [-0.3, -0.25) is 9.59 Å². The van der Waals surface area contributed by atoms with Crippen molar-refractivity contribution in [1.82, 2.24) is 10.2 Å². The van der Waals surface area contributed by atoms with Crippen LogP contribution in [0.2, 0.25) is 5.02 Å². The van der Waals surface area contributed by atoms with Crippen molar-refractivity contribution in [2.75, 3.05) is 30.8 Å². The van der Waals surface area contributed by atoms with Crippen LogP contribution in [0.4, 0.5) is 16.2 Å². The Morgan fingerprint density at radius 1 is 1.14 bits per heavy atom. The molecule has 9 nitrogen and oxygen atoms in total. The number of carbonyl (C=O) groups excluding carboxylic acids is 3. The molecule has 2 aromatic rings. The summed E-state index contributed by atoms with van der Waals surface area (Å²) >= 11 is 6.10. The molecule has 186 valence electrons. The average Bonchev–Trinajstić information content (AvgIpc) is 2.83. The Labute approximate surface area is 209 Å². The van der Waals surface area contributed by atoms with Crippen LogP contribution in [-0.4, -0.2) is 61.2 Å². The number of rotatable bonds is 5. The zero-order valence-electron chi connectivity index (χ0n) is 19.7. The molecule has 4 amide bonds. The quantitative estimate of drug-likeness (QED) is 0.577. The van der Waals surface area contributed by atoms with Crippen molar-refractivity contribution in [3.05, 3.63) is 53.1 Å². The second-order valence-electron chi connectivity index (χ2n) is 8.60. The lowest BCUT2D eigenvalue weighted by Crippen LogP contribution is -2.54. The Balaban J connectivity index is 1.46. The van der Waals surface area contributed by atoms with Crippen molar-refractivity contribution in [3.63, 3.8) is 0 Å². The van der Waals surface area contributed by atoms with E-state index in [1.165, 1.54) is 0 Å². The van der Waals surface area contributed by atoms with Crippen LogP contribution in [0, 0.1) is 0 Å². The highest BCUT2D eigenvalue weighted by Gasteiger charge is 2.39. The minimum Gasteiger partial charge on any atom is -0.490 e. The number of carbonyl (C=O) groups is 3. The molecule has 1 saturated heterocycles. The molecule has 35 heavy (non-hydrogen) atoms. The second kappa shape index (κ2) is 11.0. The third kappa shape index (κ3) is 5.86. The van der Waals surface area contributed by atoms with Crippen LogP contribution in [0.15, 0.2) is 42.5 Å². The maximum absolute atomic E-state index is 13.3. The number of anilines is 2. The molecule has 3 atom stereocenters. The number of likely N-dealkylation sites (N-methyl/N-ethyl adjacent to an activating group) is 1. The topological polar surface area (TPSA) is 109 Å². The van der Waals surface area contributed by atoms with Crippen LogP contribution in [-0.2, 0) is 9.53 Å². The lowest BCUT2D eigenvalue weighted by Gasteiger charge is -2.42. The Kier molecular flexibility index (Phi) is 7.77. The Morgan fingerprint density at radius 3 is 2.71 bits per heavy atom. The fraction of sp³-hybridized carbons (Fsp3) is 0.400. The molecule has 2 aromatic carbocycles. The van der Waals surface area contributed by atoms with E-state index < -0.39 is 6.03 Å². The summed E-state index contributed by atoms with van der Waals surface area (Å²) < 4.78 is 12.1. The normalized spacial score (nSPS) is 21.5. The molecule has 4 rings (SSSR count). The van der Waals surface area contributed by atoms with Gasteiger partial charge in [-0.05, 0) is 50.1 Å². The molecule has 0 saturated carbocycles. The molecular formula is C25H29ClN4O5. The average molecular weight is 501 g/mol. The number of hydrogen-bond donors (Lipinski definition) is 3. The van der Waals surface area contributed by atoms with E-state index in [1.54, 1.807) is 54.4 Å². The lowest BCUT2D eigenvalue weighted by atomic mass is 9.94. The maximum atomic E-state index is 13.3. The first-order valence-electron chi connectivity index (χ1n) is 11.6. The zero-order chi connectivity index (χ0) is 24.9. The number of nitrogens with zero attached hydrogens (tertiary/aromatic N) is 1. The minimum atomic E-state index is -0.482. The molecule has 0 unspecified atom stereocenters. The van der Waals surface area contributed by atoms with Crippen molar-refractivity contribution < 1.29 is 23.9 Å². The summed E-state index contributed by atoms with van der Waals surface area (Å²) in [5.41, 5.74) is 1.27. The van der Waals surface area contributed by atoms with Crippen molar-refractivity contribution in [2.24, 2.45) is 0 Å². The number of nitrogens with one attached hydrogen (secondary N) is 3. The fourth-order valence-corrected chi connectivity index (χ4v) is 4.61. The summed E-state index contributed by atoms with van der Waals surface area (Å²) in [6.45, 7) is 2.71. The molecular weight excluding hydrogens is 472 g/mol. The molecule has 10 heteroatoms. The number of urea groups is 1. The molecule has 1 fully saturated rings. The molecule has 2 heterocycles. The maximum Gasteiger partial charge on any atom is 0.323 e. The van der Waals surface area contributed by atoms with E-state index in [1.807, 2.05) is 6.92 Å². The first-order chi connectivity index (χ1) is 16.9. The van der Waals surface area contributed by atoms with Gasteiger partial charge in [0.1, 0.15) is 18.5 Å². The number of fused-ring (bicyclic) bond motifs is 2. The van der Waals surface area contributed by atoms with Crippen LogP contribution < -0.4 is 20.7 Å². The van der Waals surface area contributed by atoms with E-state index in [-0.39, 0.29) is 43.1 Å². The lowest BCUT2D eigenvalue weighted by molar-refractivity contribution is -0.133. The van der Waals surface area contributed by atoms with E-state index >= 15 is 0 Å². The summed E-state index contributed by atoms with van der Waals surface area (Å²) in [5, 5.41) is 8.64. The monoisotopic (exact) mass is 500 g/mol. The van der Waals surface area contributed by atoms with Gasteiger partial charge in [-0.25, -0.2) is 4.79 Å². The van der Waals surface area contributed by atoms with Crippen LogP contribution in [0.5, 0.6) is 5.75 Å². The van der Waals surface area contributed by atoms with Crippen molar-refractivity contribution in [2.45, 2.75) is 44.4 Å². The van der Waals surface area contributed by atoms with Crippen LogP contribution in [0.3, 0.4) is 0 Å². The summed E-state index contributed by atoms with van der Waals surface area (Å²) in [6.07, 6.45) is 1.11. The van der Waals surface area contributed by atoms with E-state index in [2.05, 4.69) is 16.0 Å². The number of ether oxygens (including phenoxy) is 2. The van der Waals surface area contributed by atoms with Crippen molar-refractivity contribution in [3.8, 4) is 5.75 Å². The molecule has 0 aromatic heterocycles. The van der Waals surface area contributed by atoms with Gasteiger partial charge in [0.05, 0.1) is 34.8 Å². The summed E-state index contributed by atoms with van der Waals surface area (Å²) in [5.74, 6) is 0.138. The van der Waals surface area contributed by atoms with Crippen LogP contribution >= 0.6 is 11.6 Å². The highest BCUT2D eigenvalue weighted by atomic mass is 35.5. The zero-order valence-corrected chi connectivity index (χ0v) is 20.4. The third-order valence-electron chi connectivity index (χ3n) is 6.18. The predicted molar refractivity (Wildman–Crippen MR) is 133 cm³/mol. The largest absolute Gasteiger partial charge is 0.490 e. The van der Waals surface area contributed by atoms with Gasteiger partial charge in [0.15, 0.2) is 0 Å². The predicted octanol–water partition coefficient (Wildman–Crippen LogP) is 3.89. The molecule has 0 spiro atoms. The Morgan fingerprint density at radius 2 is 1.94 bits per heavy atom. The number of halogens is 1. The van der Waals surface area contributed by atoms with Gasteiger partial charge in [-0.15, -0.1) is 0 Å². The number of hydrogen-bond acceptors (Lipinski definition) is 5. The van der Waals surface area contributed by atoms with Crippen LogP contribution in [0.1, 0.15) is 36.5 Å². The standard InChI is InChI=1S/C25H29ClN4O5/c1-3-27-23(31)13-16-9-10-20-22(35-16)14-34-21-11-8-15(12-17(21)24(32)30(20)2)28-25(33)29-19-7-5-4-6-18(19)26/h4-8,11-12,16,20,22H,3,9-10,13-14H2,1-2H3,(H,27,31)(H2,28,29,33)/t16-,20+,22+/m0/s1. The van der Waals surface area contributed by atoms with Crippen LogP contribution in [0.25, 0.3) is 0 Å². The first-order valence-corrected chi connectivity index (χ1v) is 12.0. The first kappa shape index (κ1) is 24.8. The summed E-state index contributed by atoms with van der Waals surface area (Å²) in [7, 11) is 1.74. The van der Waals surface area contributed by atoms with Gasteiger partial charge >= 0.3 is 6.03 Å². The fourth-order valence-electron chi connectivity index (χ4n) is 4.43. The van der Waals surface area contributed by atoms with Crippen molar-refractivity contribution in [1.29, 1.82) is 0 Å². The molecule has 0 radical (unpaired) electrons. The third-order valence-corrected chi connectivity index (χ3v) is 6.51. The van der Waals surface area contributed by atoms with Gasteiger partial charge < -0.3 is 30.3 Å². The smallest absolute Gasteiger partial charge is 0.323 e. The summed E-state index contributed by atoms with van der Waals surface area (Å²) in [6, 6.07) is 11.2. The number of benzene rings is 2. The van der Waals surface area contributed by atoms with Gasteiger partial charge in [0.2, 0.25) is 5.91 Å². The van der Waals surface area contributed by atoms with Crippen molar-refractivity contribution >= 4 is 40.8 Å². The molecule has 0 aliphatic carbocycles. The molecule has 2 aliphatic rings. The molecule has 3 N–H and O–H groups in total. The van der Waals surface area contributed by atoms with Gasteiger partial charge in [0, 0.05) is 19.3 Å². The van der Waals surface area contributed by atoms with E-state index in [9.17, 15) is 14.4 Å². The minimum absolute atomic E-state index is 0.0453. The van der Waals surface area contributed by atoms with E-state index in [0.717, 1.165) is 0 Å². The highest BCUT2D eigenvalue weighted by molar-refractivity contribution is 6.33. The highest BCUT2D eigenvalue weighted by Crippen LogP contribution is 2.32. The van der Waals surface area contributed by atoms with E-state index in [4.69, 9.17) is 21.1 Å². The van der Waals surface area contributed by atoms with Gasteiger partial charge in [-0.1, -0.05) is 23.7 Å². The summed E-state index contributed by atoms with van der Waals surface area (Å²) in [4.78, 5) is 39.4. The van der Waals surface area contributed by atoms with E-state index in [0.29, 0.717) is 47.1 Å². The number of amides is 4. The second-order valence-corrected chi connectivity index (χ2v) is 9.00. The Hall–Kier alpha value is -3.30. The Bertz CT molecular complexity index is 1110. The van der Waals surface area contributed by atoms with Gasteiger partial charge in [-0.2, -0.15) is 0 Å². The number of para-hydroxylation sites is 1. The SMILES string of the molecule is CCNC(=O)C[C@@H]1CC[C@@H]2[C@@H](COc3ccc(NC(=O)Nc4ccccc4Cl)cc3C(=O)N2C)O1.